The van der Waals surface area contributed by atoms with Crippen LogP contribution in [0.25, 0.3) is 0 Å². The van der Waals surface area contributed by atoms with E-state index in [9.17, 15) is 4.79 Å². The number of esters is 1. The number of nitrogens with zero attached hydrogens (tertiary/aromatic N) is 1. The SMILES string of the molecule is CN=C(NCCCCC(=O)OC)NCC(C)(C)Cc1cccc(Cl)c1. The van der Waals surface area contributed by atoms with Crippen molar-refractivity contribution in [2.45, 2.75) is 39.5 Å². The van der Waals surface area contributed by atoms with Crippen LogP contribution in [0.15, 0.2) is 29.3 Å². The molecule has 0 atom stereocenters. The molecule has 1 rings (SSSR count). The molecule has 6 heteroatoms. The summed E-state index contributed by atoms with van der Waals surface area (Å²) in [6, 6.07) is 7.98. The van der Waals surface area contributed by atoms with Gasteiger partial charge in [-0.15, -0.1) is 0 Å². The van der Waals surface area contributed by atoms with Crippen molar-refractivity contribution in [2.24, 2.45) is 10.4 Å². The molecule has 0 aliphatic heterocycles. The molecule has 0 heterocycles. The van der Waals surface area contributed by atoms with Crippen LogP contribution >= 0.6 is 11.6 Å². The van der Waals surface area contributed by atoms with Crippen molar-refractivity contribution < 1.29 is 9.53 Å². The largest absolute Gasteiger partial charge is 0.469 e. The minimum atomic E-state index is -0.162. The van der Waals surface area contributed by atoms with Crippen LogP contribution in [0, 0.1) is 5.41 Å². The monoisotopic (exact) mass is 367 g/mol. The highest BCUT2D eigenvalue weighted by Gasteiger charge is 2.19. The molecule has 1 aromatic rings. The Balaban J connectivity index is 2.34. The molecule has 0 aromatic heterocycles. The Kier molecular flexibility index (Phi) is 9.35. The molecule has 0 spiro atoms. The number of ether oxygens (including phenoxy) is 1. The highest BCUT2D eigenvalue weighted by atomic mass is 35.5. The Morgan fingerprint density at radius 2 is 2.04 bits per heavy atom. The summed E-state index contributed by atoms with van der Waals surface area (Å²) >= 11 is 6.06. The second kappa shape index (κ2) is 11.0. The van der Waals surface area contributed by atoms with Crippen LogP contribution < -0.4 is 10.6 Å². The van der Waals surface area contributed by atoms with E-state index in [0.29, 0.717) is 6.42 Å². The number of hydrogen-bond donors (Lipinski definition) is 2. The first kappa shape index (κ1) is 21.3. The lowest BCUT2D eigenvalue weighted by Gasteiger charge is -2.26. The Labute approximate surface area is 156 Å². The molecule has 140 valence electrons. The molecule has 0 aliphatic rings. The molecule has 0 aliphatic carbocycles. The van der Waals surface area contributed by atoms with Crippen molar-refractivity contribution in [2.75, 3.05) is 27.2 Å². The summed E-state index contributed by atoms with van der Waals surface area (Å²) < 4.78 is 4.63. The van der Waals surface area contributed by atoms with Gasteiger partial charge in [0.1, 0.15) is 0 Å². The van der Waals surface area contributed by atoms with Gasteiger partial charge in [-0.1, -0.05) is 37.6 Å². The molecule has 0 fully saturated rings. The smallest absolute Gasteiger partial charge is 0.305 e. The summed E-state index contributed by atoms with van der Waals surface area (Å²) in [6.45, 7) is 5.99. The molecule has 0 amide bonds. The molecular formula is C19H30ClN3O2. The summed E-state index contributed by atoms with van der Waals surface area (Å²) in [5.74, 6) is 0.613. The van der Waals surface area contributed by atoms with Crippen LogP contribution in [0.5, 0.6) is 0 Å². The van der Waals surface area contributed by atoms with Crippen LogP contribution in [0.2, 0.25) is 5.02 Å². The lowest BCUT2D eigenvalue weighted by molar-refractivity contribution is -0.140. The van der Waals surface area contributed by atoms with E-state index >= 15 is 0 Å². The summed E-state index contributed by atoms with van der Waals surface area (Å²) in [4.78, 5) is 15.3. The molecular weight excluding hydrogens is 338 g/mol. The van der Waals surface area contributed by atoms with E-state index in [2.05, 4.69) is 40.3 Å². The van der Waals surface area contributed by atoms with E-state index in [1.807, 2.05) is 18.2 Å². The van der Waals surface area contributed by atoms with Gasteiger partial charge >= 0.3 is 5.97 Å². The standard InChI is InChI=1S/C19H30ClN3O2/c1-19(2,13-15-8-7-9-16(20)12-15)14-23-18(21-3)22-11-6-5-10-17(24)25-4/h7-9,12H,5-6,10-11,13-14H2,1-4H3,(H2,21,22,23). The van der Waals surface area contributed by atoms with Crippen molar-refractivity contribution in [3.63, 3.8) is 0 Å². The zero-order valence-electron chi connectivity index (χ0n) is 15.7. The average Bonchev–Trinajstić information content (AvgIpc) is 2.56. The molecule has 0 radical (unpaired) electrons. The minimum Gasteiger partial charge on any atom is -0.469 e. The highest BCUT2D eigenvalue weighted by Crippen LogP contribution is 2.22. The van der Waals surface area contributed by atoms with Gasteiger partial charge in [0.25, 0.3) is 0 Å². The van der Waals surface area contributed by atoms with Crippen molar-refractivity contribution in [1.29, 1.82) is 0 Å². The van der Waals surface area contributed by atoms with Gasteiger partial charge in [0.05, 0.1) is 7.11 Å². The summed E-state index contributed by atoms with van der Waals surface area (Å²) in [7, 11) is 3.17. The van der Waals surface area contributed by atoms with E-state index in [-0.39, 0.29) is 11.4 Å². The molecule has 2 N–H and O–H groups in total. The third-order valence-electron chi connectivity index (χ3n) is 3.86. The fourth-order valence-corrected chi connectivity index (χ4v) is 2.72. The highest BCUT2D eigenvalue weighted by molar-refractivity contribution is 6.30. The minimum absolute atomic E-state index is 0.0627. The first-order chi connectivity index (χ1) is 11.9. The predicted octanol–water partition coefficient (Wildman–Crippen LogP) is 3.42. The van der Waals surface area contributed by atoms with Gasteiger partial charge in [-0.25, -0.2) is 0 Å². The molecule has 5 nitrogen and oxygen atoms in total. The number of hydrogen-bond acceptors (Lipinski definition) is 3. The number of guanidine groups is 1. The fourth-order valence-electron chi connectivity index (χ4n) is 2.51. The maximum atomic E-state index is 11.1. The van der Waals surface area contributed by atoms with Gasteiger partial charge in [-0.3, -0.25) is 9.79 Å². The Morgan fingerprint density at radius 1 is 1.28 bits per heavy atom. The zero-order chi connectivity index (χ0) is 18.7. The van der Waals surface area contributed by atoms with Gasteiger partial charge in [0, 0.05) is 31.6 Å². The lowest BCUT2D eigenvalue weighted by Crippen LogP contribution is -2.42. The van der Waals surface area contributed by atoms with Crippen molar-refractivity contribution in [3.8, 4) is 0 Å². The van der Waals surface area contributed by atoms with Crippen LogP contribution in [0.3, 0.4) is 0 Å². The van der Waals surface area contributed by atoms with Gasteiger partial charge in [0.2, 0.25) is 0 Å². The molecule has 0 bridgehead atoms. The zero-order valence-corrected chi connectivity index (χ0v) is 16.4. The van der Waals surface area contributed by atoms with Gasteiger partial charge in [0.15, 0.2) is 5.96 Å². The molecule has 0 saturated carbocycles. The van der Waals surface area contributed by atoms with Crippen LogP contribution in [0.1, 0.15) is 38.7 Å². The Hall–Kier alpha value is -1.75. The number of carbonyl (C=O) groups excluding carboxylic acids is 1. The van der Waals surface area contributed by atoms with Crippen LogP contribution in [-0.4, -0.2) is 39.2 Å². The van der Waals surface area contributed by atoms with Crippen LogP contribution in [0.4, 0.5) is 0 Å². The first-order valence-corrected chi connectivity index (χ1v) is 9.00. The predicted molar refractivity (Wildman–Crippen MR) is 104 cm³/mol. The maximum absolute atomic E-state index is 11.1. The number of carbonyl (C=O) groups is 1. The Morgan fingerprint density at radius 3 is 2.68 bits per heavy atom. The van der Waals surface area contributed by atoms with Crippen molar-refractivity contribution in [3.05, 3.63) is 34.9 Å². The van der Waals surface area contributed by atoms with Crippen LogP contribution in [-0.2, 0) is 16.0 Å². The second-order valence-electron chi connectivity index (χ2n) is 6.86. The normalized spacial score (nSPS) is 12.0. The van der Waals surface area contributed by atoms with Crippen molar-refractivity contribution in [1.82, 2.24) is 10.6 Å². The quantitative estimate of drug-likeness (QED) is 0.304. The Bertz CT molecular complexity index is 574. The van der Waals surface area contributed by atoms with Crippen molar-refractivity contribution >= 4 is 23.5 Å². The number of nitrogens with one attached hydrogen (secondary N) is 2. The number of halogens is 1. The van der Waals surface area contributed by atoms with E-state index in [1.165, 1.54) is 12.7 Å². The average molecular weight is 368 g/mol. The number of benzene rings is 1. The summed E-state index contributed by atoms with van der Waals surface area (Å²) in [5, 5.41) is 7.41. The fraction of sp³-hybridized carbons (Fsp3) is 0.579. The molecule has 1 aromatic carbocycles. The maximum Gasteiger partial charge on any atom is 0.305 e. The lowest BCUT2D eigenvalue weighted by atomic mass is 9.86. The van der Waals surface area contributed by atoms with E-state index < -0.39 is 0 Å². The van der Waals surface area contributed by atoms with Gasteiger partial charge < -0.3 is 15.4 Å². The topological polar surface area (TPSA) is 62.7 Å². The van der Waals surface area contributed by atoms with E-state index in [0.717, 1.165) is 43.3 Å². The number of methoxy groups -OCH3 is 1. The number of aliphatic imine (C=N–C) groups is 1. The first-order valence-electron chi connectivity index (χ1n) is 8.62. The summed E-state index contributed by atoms with van der Waals surface area (Å²) in [5.41, 5.74) is 1.29. The third kappa shape index (κ3) is 9.34. The third-order valence-corrected chi connectivity index (χ3v) is 4.09. The molecule has 25 heavy (non-hydrogen) atoms. The van der Waals surface area contributed by atoms with Gasteiger partial charge in [-0.05, 0) is 42.4 Å². The van der Waals surface area contributed by atoms with E-state index in [4.69, 9.17) is 11.6 Å². The molecule has 0 saturated heterocycles. The van der Waals surface area contributed by atoms with Gasteiger partial charge in [-0.2, -0.15) is 0 Å². The number of unbranched alkanes of at least 4 members (excludes halogenated alkanes) is 1. The second-order valence-corrected chi connectivity index (χ2v) is 7.29. The number of rotatable bonds is 9. The molecule has 0 unspecified atom stereocenters. The van der Waals surface area contributed by atoms with E-state index in [1.54, 1.807) is 7.05 Å². The summed E-state index contributed by atoms with van der Waals surface area (Å²) in [6.07, 6.45) is 3.08.